The predicted molar refractivity (Wildman–Crippen MR) is 85.8 cm³/mol. The van der Waals surface area contributed by atoms with Gasteiger partial charge in [0.1, 0.15) is 11.7 Å². The van der Waals surface area contributed by atoms with Gasteiger partial charge in [-0.25, -0.2) is 0 Å². The summed E-state index contributed by atoms with van der Waals surface area (Å²) in [5.41, 5.74) is 1.49. The smallest absolute Gasteiger partial charge is 0.315 e. The fourth-order valence-corrected chi connectivity index (χ4v) is 2.26. The Labute approximate surface area is 127 Å². The minimum Gasteiger partial charge on any atom is -0.508 e. The normalized spacial score (nSPS) is 13.8. The highest BCUT2D eigenvalue weighted by molar-refractivity contribution is 5.80. The van der Waals surface area contributed by atoms with Crippen molar-refractivity contribution >= 4 is 5.97 Å². The van der Waals surface area contributed by atoms with Crippen LogP contribution in [0, 0.1) is 5.41 Å². The van der Waals surface area contributed by atoms with Crippen LogP contribution in [0.5, 0.6) is 5.75 Å². The largest absolute Gasteiger partial charge is 0.508 e. The van der Waals surface area contributed by atoms with Crippen LogP contribution in [0.1, 0.15) is 58.6 Å². The number of hydrogen-bond acceptors (Lipinski definition) is 2. The first kappa shape index (κ1) is 17.3. The lowest BCUT2D eigenvalue weighted by Gasteiger charge is -2.29. The number of phenols is 1. The van der Waals surface area contributed by atoms with Gasteiger partial charge in [0.15, 0.2) is 0 Å². The van der Waals surface area contributed by atoms with Gasteiger partial charge in [-0.05, 0) is 28.0 Å². The first-order chi connectivity index (χ1) is 9.35. The summed E-state index contributed by atoms with van der Waals surface area (Å²) in [6.45, 7) is 15.8. The van der Waals surface area contributed by atoms with Crippen LogP contribution in [0.4, 0.5) is 0 Å². The van der Waals surface area contributed by atoms with E-state index in [0.717, 1.165) is 5.56 Å². The molecule has 0 aliphatic carbocycles. The van der Waals surface area contributed by atoms with E-state index in [1.165, 1.54) is 0 Å². The zero-order valence-corrected chi connectivity index (χ0v) is 13.8. The molecule has 116 valence electrons. The Kier molecular flexibility index (Phi) is 4.57. The van der Waals surface area contributed by atoms with Gasteiger partial charge in [-0.3, -0.25) is 4.79 Å². The molecule has 0 aromatic heterocycles. The maximum atomic E-state index is 11.7. The van der Waals surface area contributed by atoms with Gasteiger partial charge in [0, 0.05) is 0 Å². The lowest BCUT2D eigenvalue weighted by Crippen LogP contribution is -2.23. The van der Waals surface area contributed by atoms with Crippen molar-refractivity contribution in [3.8, 4) is 5.75 Å². The SMILES string of the molecule is C=C(C(C(=O)O)c1ccc(O)c(C(C)(C)C)c1)C(C)(C)C. The molecule has 3 heteroatoms. The maximum Gasteiger partial charge on any atom is 0.315 e. The zero-order chi connectivity index (χ0) is 16.6. The van der Waals surface area contributed by atoms with E-state index in [1.807, 2.05) is 41.5 Å². The summed E-state index contributed by atoms with van der Waals surface area (Å²) in [4.78, 5) is 11.7. The van der Waals surface area contributed by atoms with Crippen LogP contribution in [-0.4, -0.2) is 16.2 Å². The molecule has 0 aliphatic rings. The van der Waals surface area contributed by atoms with Gasteiger partial charge >= 0.3 is 5.97 Å². The third-order valence-electron chi connectivity index (χ3n) is 3.72. The van der Waals surface area contributed by atoms with Crippen molar-refractivity contribution in [1.29, 1.82) is 0 Å². The molecular weight excluding hydrogens is 264 g/mol. The van der Waals surface area contributed by atoms with Crippen LogP contribution in [0.25, 0.3) is 0 Å². The number of benzene rings is 1. The zero-order valence-electron chi connectivity index (χ0n) is 13.8. The third kappa shape index (κ3) is 3.87. The molecule has 0 radical (unpaired) electrons. The van der Waals surface area contributed by atoms with Crippen molar-refractivity contribution < 1.29 is 15.0 Å². The number of phenolic OH excluding ortho intramolecular Hbond substituents is 1. The molecule has 21 heavy (non-hydrogen) atoms. The molecule has 1 aromatic carbocycles. The Balaban J connectivity index is 3.42. The Bertz CT molecular complexity index is 557. The van der Waals surface area contributed by atoms with Crippen molar-refractivity contribution in [2.45, 2.75) is 52.9 Å². The second-order valence-corrected chi connectivity index (χ2v) is 7.57. The molecule has 1 atom stereocenters. The summed E-state index contributed by atoms with van der Waals surface area (Å²) in [5, 5.41) is 19.6. The molecule has 2 N–H and O–H groups in total. The fraction of sp³-hybridized carbons (Fsp3) is 0.500. The van der Waals surface area contributed by atoms with Gasteiger partial charge in [-0.1, -0.05) is 65.8 Å². The molecule has 0 saturated heterocycles. The van der Waals surface area contributed by atoms with Crippen molar-refractivity contribution in [2.24, 2.45) is 5.41 Å². The van der Waals surface area contributed by atoms with Crippen LogP contribution in [-0.2, 0) is 10.2 Å². The van der Waals surface area contributed by atoms with E-state index in [9.17, 15) is 15.0 Å². The number of carbonyl (C=O) groups is 1. The van der Waals surface area contributed by atoms with E-state index >= 15 is 0 Å². The molecule has 0 aliphatic heterocycles. The standard InChI is InChI=1S/C18H26O3/c1-11(17(2,3)4)15(16(20)21)12-8-9-14(19)13(10-12)18(5,6)7/h8-10,15,19H,1H2,2-7H3,(H,20,21). The predicted octanol–water partition coefficient (Wildman–Crippen LogP) is 4.46. The minimum absolute atomic E-state index is 0.191. The topological polar surface area (TPSA) is 57.5 Å². The number of aliphatic carboxylic acids is 1. The highest BCUT2D eigenvalue weighted by Crippen LogP contribution is 2.39. The lowest BCUT2D eigenvalue weighted by molar-refractivity contribution is -0.138. The maximum absolute atomic E-state index is 11.7. The monoisotopic (exact) mass is 290 g/mol. The Morgan fingerprint density at radius 2 is 1.67 bits per heavy atom. The van der Waals surface area contributed by atoms with Crippen LogP contribution < -0.4 is 0 Å². The second kappa shape index (κ2) is 5.55. The average Bonchev–Trinajstić information content (AvgIpc) is 2.28. The van der Waals surface area contributed by atoms with Gasteiger partial charge < -0.3 is 10.2 Å². The molecule has 0 heterocycles. The van der Waals surface area contributed by atoms with E-state index in [-0.39, 0.29) is 16.6 Å². The van der Waals surface area contributed by atoms with E-state index in [4.69, 9.17) is 0 Å². The van der Waals surface area contributed by atoms with Crippen LogP contribution in [0.2, 0.25) is 0 Å². The fourth-order valence-electron chi connectivity index (χ4n) is 2.26. The summed E-state index contributed by atoms with van der Waals surface area (Å²) in [6.07, 6.45) is 0. The van der Waals surface area contributed by atoms with Crippen LogP contribution in [0.15, 0.2) is 30.4 Å². The molecule has 0 bridgehead atoms. The van der Waals surface area contributed by atoms with Crippen molar-refractivity contribution in [3.05, 3.63) is 41.5 Å². The first-order valence-electron chi connectivity index (χ1n) is 7.11. The Morgan fingerprint density at radius 1 is 1.14 bits per heavy atom. The third-order valence-corrected chi connectivity index (χ3v) is 3.72. The van der Waals surface area contributed by atoms with E-state index in [0.29, 0.717) is 11.1 Å². The summed E-state index contributed by atoms with van der Waals surface area (Å²) in [6, 6.07) is 5.02. The van der Waals surface area contributed by atoms with Crippen LogP contribution >= 0.6 is 0 Å². The van der Waals surface area contributed by atoms with Gasteiger partial charge in [0.05, 0.1) is 0 Å². The lowest BCUT2D eigenvalue weighted by atomic mass is 9.75. The summed E-state index contributed by atoms with van der Waals surface area (Å²) in [7, 11) is 0. The van der Waals surface area contributed by atoms with E-state index < -0.39 is 11.9 Å². The van der Waals surface area contributed by atoms with E-state index in [2.05, 4.69) is 6.58 Å². The Morgan fingerprint density at radius 3 is 2.05 bits per heavy atom. The molecule has 0 spiro atoms. The van der Waals surface area contributed by atoms with Crippen molar-refractivity contribution in [3.63, 3.8) is 0 Å². The van der Waals surface area contributed by atoms with Crippen LogP contribution in [0.3, 0.4) is 0 Å². The van der Waals surface area contributed by atoms with Gasteiger partial charge in [0.2, 0.25) is 0 Å². The average molecular weight is 290 g/mol. The number of hydrogen-bond donors (Lipinski definition) is 2. The second-order valence-electron chi connectivity index (χ2n) is 7.57. The molecule has 1 unspecified atom stereocenters. The van der Waals surface area contributed by atoms with Crippen molar-refractivity contribution in [2.75, 3.05) is 0 Å². The highest BCUT2D eigenvalue weighted by atomic mass is 16.4. The first-order valence-corrected chi connectivity index (χ1v) is 7.11. The van der Waals surface area contributed by atoms with Gasteiger partial charge in [-0.15, -0.1) is 0 Å². The molecule has 1 aromatic rings. The number of carboxylic acid groups (broad SMARTS) is 1. The summed E-state index contributed by atoms with van der Waals surface area (Å²) in [5.74, 6) is -1.50. The van der Waals surface area contributed by atoms with E-state index in [1.54, 1.807) is 18.2 Å². The number of aromatic hydroxyl groups is 1. The van der Waals surface area contributed by atoms with Gasteiger partial charge in [0.25, 0.3) is 0 Å². The Hall–Kier alpha value is -1.77. The molecule has 1 rings (SSSR count). The van der Waals surface area contributed by atoms with Gasteiger partial charge in [-0.2, -0.15) is 0 Å². The molecule has 3 nitrogen and oxygen atoms in total. The van der Waals surface area contributed by atoms with Crippen molar-refractivity contribution in [1.82, 2.24) is 0 Å². The molecule has 0 fully saturated rings. The highest BCUT2D eigenvalue weighted by Gasteiger charge is 2.31. The molecule has 0 amide bonds. The summed E-state index contributed by atoms with van der Waals surface area (Å²) < 4.78 is 0. The summed E-state index contributed by atoms with van der Waals surface area (Å²) >= 11 is 0. The number of carboxylic acids is 1. The quantitative estimate of drug-likeness (QED) is 0.808. The molecular formula is C18H26O3. The number of rotatable bonds is 3. The minimum atomic E-state index is -0.916. The molecule has 0 saturated carbocycles.